The van der Waals surface area contributed by atoms with Gasteiger partial charge in [0.05, 0.1) is 27.4 Å². The number of nitrogens with zero attached hydrogens (tertiary/aromatic N) is 2. The molecule has 6 nitrogen and oxygen atoms in total. The number of hydrazine groups is 1. The van der Waals surface area contributed by atoms with Crippen molar-refractivity contribution in [2.24, 2.45) is 0 Å². The van der Waals surface area contributed by atoms with Crippen LogP contribution >= 0.6 is 0 Å². The zero-order valence-corrected chi connectivity index (χ0v) is 12.3. The number of ether oxygens (including phenoxy) is 3. The predicted molar refractivity (Wildman–Crippen MR) is 80.9 cm³/mol. The van der Waals surface area contributed by atoms with Crippen LogP contribution in [0.1, 0.15) is 0 Å². The molecule has 0 atom stereocenters. The second kappa shape index (κ2) is 6.15. The first-order valence-corrected chi connectivity index (χ1v) is 6.92. The van der Waals surface area contributed by atoms with Gasteiger partial charge in [-0.15, -0.1) is 0 Å². The van der Waals surface area contributed by atoms with Crippen molar-refractivity contribution in [1.29, 1.82) is 0 Å². The maximum atomic E-state index is 5.38. The summed E-state index contributed by atoms with van der Waals surface area (Å²) < 4.78 is 16.1. The van der Waals surface area contributed by atoms with Crippen LogP contribution in [0, 0.1) is 0 Å². The number of fused-ring (bicyclic) bond motifs is 1. The summed E-state index contributed by atoms with van der Waals surface area (Å²) in [6, 6.07) is 5.87. The van der Waals surface area contributed by atoms with Crippen LogP contribution in [0.3, 0.4) is 0 Å². The molecule has 0 radical (unpaired) electrons. The van der Waals surface area contributed by atoms with E-state index < -0.39 is 0 Å². The molecule has 112 valence electrons. The monoisotopic (exact) mass is 289 g/mol. The Morgan fingerprint density at radius 3 is 2.57 bits per heavy atom. The molecular formula is C15H19N3O3. The van der Waals surface area contributed by atoms with Gasteiger partial charge < -0.3 is 19.6 Å². The average molecular weight is 289 g/mol. The average Bonchev–Trinajstić information content (AvgIpc) is 2.55. The number of pyridine rings is 1. The van der Waals surface area contributed by atoms with Gasteiger partial charge in [-0.2, -0.15) is 0 Å². The molecule has 1 N–H and O–H groups in total. The highest BCUT2D eigenvalue weighted by atomic mass is 16.5. The molecule has 1 aliphatic rings. The lowest BCUT2D eigenvalue weighted by Gasteiger charge is -2.28. The highest BCUT2D eigenvalue weighted by Crippen LogP contribution is 2.34. The molecule has 3 rings (SSSR count). The van der Waals surface area contributed by atoms with Crippen molar-refractivity contribution in [2.75, 3.05) is 45.9 Å². The minimum absolute atomic E-state index is 0.697. The highest BCUT2D eigenvalue weighted by molar-refractivity contribution is 5.94. The van der Waals surface area contributed by atoms with Crippen LogP contribution in [0.4, 0.5) is 5.82 Å². The standard InChI is InChI=1S/C15H19N3O3/c1-19-13-9-11-3-4-16-15(12(11)10-14(13)20-2)17-18-5-7-21-8-6-18/h3-4,9-10H,5-8H2,1-2H3,(H,16,17). The van der Waals surface area contributed by atoms with Crippen molar-refractivity contribution in [3.63, 3.8) is 0 Å². The molecule has 1 aliphatic heterocycles. The van der Waals surface area contributed by atoms with E-state index in [1.807, 2.05) is 18.2 Å². The third kappa shape index (κ3) is 2.86. The smallest absolute Gasteiger partial charge is 0.161 e. The maximum Gasteiger partial charge on any atom is 0.161 e. The molecule has 1 fully saturated rings. The first-order valence-electron chi connectivity index (χ1n) is 6.92. The third-order valence-corrected chi connectivity index (χ3v) is 3.54. The van der Waals surface area contributed by atoms with E-state index in [1.165, 1.54) is 0 Å². The predicted octanol–water partition coefficient (Wildman–Crippen LogP) is 1.91. The van der Waals surface area contributed by atoms with Crippen LogP contribution in [-0.4, -0.2) is 50.5 Å². The number of anilines is 1. The summed E-state index contributed by atoms with van der Waals surface area (Å²) in [6.45, 7) is 3.14. The Bertz CT molecular complexity index is 627. The summed E-state index contributed by atoms with van der Waals surface area (Å²) in [5, 5.41) is 4.17. The van der Waals surface area contributed by atoms with E-state index in [-0.39, 0.29) is 0 Å². The molecule has 21 heavy (non-hydrogen) atoms. The molecule has 1 aromatic heterocycles. The quantitative estimate of drug-likeness (QED) is 0.928. The summed E-state index contributed by atoms with van der Waals surface area (Å²) in [5.74, 6) is 2.23. The fourth-order valence-corrected chi connectivity index (χ4v) is 2.41. The maximum absolute atomic E-state index is 5.38. The van der Waals surface area contributed by atoms with Crippen molar-refractivity contribution < 1.29 is 14.2 Å². The van der Waals surface area contributed by atoms with Crippen molar-refractivity contribution >= 4 is 16.6 Å². The van der Waals surface area contributed by atoms with Gasteiger partial charge in [-0.1, -0.05) is 0 Å². The number of aromatic nitrogens is 1. The van der Waals surface area contributed by atoms with Crippen LogP contribution < -0.4 is 14.9 Å². The summed E-state index contributed by atoms with van der Waals surface area (Å²) in [6.07, 6.45) is 1.79. The van der Waals surface area contributed by atoms with Gasteiger partial charge in [0.25, 0.3) is 0 Å². The molecule has 2 aromatic rings. The fourth-order valence-electron chi connectivity index (χ4n) is 2.41. The van der Waals surface area contributed by atoms with E-state index in [1.54, 1.807) is 20.4 Å². The van der Waals surface area contributed by atoms with Crippen LogP contribution in [0.15, 0.2) is 24.4 Å². The summed E-state index contributed by atoms with van der Waals surface area (Å²) in [4.78, 5) is 4.44. The van der Waals surface area contributed by atoms with Crippen molar-refractivity contribution in [3.05, 3.63) is 24.4 Å². The van der Waals surface area contributed by atoms with Crippen molar-refractivity contribution in [1.82, 2.24) is 9.99 Å². The Hall–Kier alpha value is -2.05. The molecule has 0 bridgehead atoms. The van der Waals surface area contributed by atoms with E-state index in [4.69, 9.17) is 14.2 Å². The summed E-state index contributed by atoms with van der Waals surface area (Å²) in [7, 11) is 3.27. The molecule has 0 spiro atoms. The zero-order chi connectivity index (χ0) is 14.7. The van der Waals surface area contributed by atoms with Crippen LogP contribution in [0.25, 0.3) is 10.8 Å². The van der Waals surface area contributed by atoms with E-state index >= 15 is 0 Å². The van der Waals surface area contributed by atoms with Gasteiger partial charge in [0.1, 0.15) is 5.82 Å². The second-order valence-electron chi connectivity index (χ2n) is 4.80. The Labute approximate surface area is 123 Å². The van der Waals surface area contributed by atoms with Gasteiger partial charge in [0.15, 0.2) is 11.5 Å². The van der Waals surface area contributed by atoms with E-state index in [0.29, 0.717) is 11.5 Å². The minimum atomic E-state index is 0.697. The van der Waals surface area contributed by atoms with Crippen LogP contribution in [-0.2, 0) is 4.74 Å². The largest absolute Gasteiger partial charge is 0.493 e. The van der Waals surface area contributed by atoms with E-state index in [9.17, 15) is 0 Å². The lowest BCUT2D eigenvalue weighted by Crippen LogP contribution is -2.40. The van der Waals surface area contributed by atoms with Crippen LogP contribution in [0.5, 0.6) is 11.5 Å². The first-order chi connectivity index (χ1) is 10.3. The van der Waals surface area contributed by atoms with Crippen molar-refractivity contribution in [2.45, 2.75) is 0 Å². The Kier molecular flexibility index (Phi) is 4.08. The molecule has 2 heterocycles. The molecule has 1 aromatic carbocycles. The fraction of sp³-hybridized carbons (Fsp3) is 0.400. The molecule has 0 unspecified atom stereocenters. The first kappa shape index (κ1) is 13.9. The zero-order valence-electron chi connectivity index (χ0n) is 12.3. The van der Waals surface area contributed by atoms with Crippen LogP contribution in [0.2, 0.25) is 0 Å². The second-order valence-corrected chi connectivity index (χ2v) is 4.80. The molecular weight excluding hydrogens is 270 g/mol. The molecule has 1 saturated heterocycles. The minimum Gasteiger partial charge on any atom is -0.493 e. The lowest BCUT2D eigenvalue weighted by molar-refractivity contribution is 0.0495. The summed E-state index contributed by atoms with van der Waals surface area (Å²) >= 11 is 0. The third-order valence-electron chi connectivity index (χ3n) is 3.54. The molecule has 0 saturated carbocycles. The topological polar surface area (TPSA) is 55.9 Å². The van der Waals surface area contributed by atoms with Gasteiger partial charge in [-0.3, -0.25) is 0 Å². The number of hydrogen-bond acceptors (Lipinski definition) is 6. The number of morpholine rings is 1. The lowest BCUT2D eigenvalue weighted by atomic mass is 10.1. The normalized spacial score (nSPS) is 15.9. The Morgan fingerprint density at radius 1 is 1.14 bits per heavy atom. The van der Waals surface area contributed by atoms with Crippen molar-refractivity contribution in [3.8, 4) is 11.5 Å². The number of methoxy groups -OCH3 is 2. The van der Waals surface area contributed by atoms with E-state index in [2.05, 4.69) is 15.4 Å². The summed E-state index contributed by atoms with van der Waals surface area (Å²) in [5.41, 5.74) is 3.36. The van der Waals surface area contributed by atoms with Gasteiger partial charge in [-0.05, 0) is 23.6 Å². The van der Waals surface area contributed by atoms with E-state index in [0.717, 1.165) is 42.9 Å². The van der Waals surface area contributed by atoms with Gasteiger partial charge >= 0.3 is 0 Å². The highest BCUT2D eigenvalue weighted by Gasteiger charge is 2.14. The molecule has 0 aliphatic carbocycles. The number of hydrogen-bond donors (Lipinski definition) is 1. The molecule has 0 amide bonds. The van der Waals surface area contributed by atoms with Gasteiger partial charge in [0.2, 0.25) is 0 Å². The van der Waals surface area contributed by atoms with Gasteiger partial charge in [-0.25, -0.2) is 9.99 Å². The number of nitrogens with one attached hydrogen (secondary N) is 1. The van der Waals surface area contributed by atoms with Gasteiger partial charge in [0, 0.05) is 24.7 Å². The Balaban J connectivity index is 1.97. The number of rotatable bonds is 4. The Morgan fingerprint density at radius 2 is 1.86 bits per heavy atom. The SMILES string of the molecule is COc1cc2ccnc(NN3CCOCC3)c2cc1OC. The number of benzene rings is 1. The molecule has 6 heteroatoms.